The Morgan fingerprint density at radius 1 is 1.00 bits per heavy atom. The number of hydrogen-bond donors (Lipinski definition) is 2. The molecule has 0 unspecified atom stereocenters. The lowest BCUT2D eigenvalue weighted by Crippen LogP contribution is -1.96. The molecular formula is C18H15N3OS. The highest BCUT2D eigenvalue weighted by Gasteiger charge is 2.13. The van der Waals surface area contributed by atoms with Gasteiger partial charge in [-0.25, -0.2) is 9.97 Å². The Morgan fingerprint density at radius 2 is 1.78 bits per heavy atom. The molecule has 0 atom stereocenters. The number of phenolic OH excluding ortho intramolecular Hbond substituents is 1. The van der Waals surface area contributed by atoms with Crippen molar-refractivity contribution in [1.82, 2.24) is 9.97 Å². The molecule has 0 saturated carbocycles. The summed E-state index contributed by atoms with van der Waals surface area (Å²) >= 11 is 1.68. The van der Waals surface area contributed by atoms with Gasteiger partial charge in [0.15, 0.2) is 0 Å². The number of aromatic hydroxyl groups is 1. The minimum atomic E-state index is 0.279. The molecule has 0 aliphatic rings. The number of phenols is 1. The minimum Gasteiger partial charge on any atom is -0.507 e. The van der Waals surface area contributed by atoms with E-state index < -0.39 is 0 Å². The van der Waals surface area contributed by atoms with E-state index in [1.807, 2.05) is 30.3 Å². The van der Waals surface area contributed by atoms with Gasteiger partial charge in [-0.15, -0.1) is 11.3 Å². The van der Waals surface area contributed by atoms with E-state index >= 15 is 0 Å². The molecule has 0 bridgehead atoms. The fourth-order valence-electron chi connectivity index (χ4n) is 2.81. The summed E-state index contributed by atoms with van der Waals surface area (Å²) in [5, 5.41) is 16.3. The Hall–Kier alpha value is -2.66. The van der Waals surface area contributed by atoms with Crippen LogP contribution in [0.1, 0.15) is 10.4 Å². The van der Waals surface area contributed by atoms with Gasteiger partial charge >= 0.3 is 0 Å². The maximum absolute atomic E-state index is 10.0. The number of hydrogen-bond acceptors (Lipinski definition) is 5. The van der Waals surface area contributed by atoms with Crippen LogP contribution in [-0.4, -0.2) is 15.1 Å². The van der Waals surface area contributed by atoms with E-state index in [0.717, 1.165) is 32.5 Å². The Balaban J connectivity index is 1.91. The van der Waals surface area contributed by atoms with Crippen LogP contribution in [0.2, 0.25) is 0 Å². The minimum absolute atomic E-state index is 0.279. The van der Waals surface area contributed by atoms with Crippen molar-refractivity contribution in [1.29, 1.82) is 0 Å². The number of anilines is 2. The van der Waals surface area contributed by atoms with Gasteiger partial charge < -0.3 is 10.4 Å². The molecule has 114 valence electrons. The molecule has 0 aliphatic carbocycles. The van der Waals surface area contributed by atoms with Gasteiger partial charge in [0.05, 0.1) is 5.39 Å². The molecule has 2 heterocycles. The fourth-order valence-corrected chi connectivity index (χ4v) is 3.80. The van der Waals surface area contributed by atoms with Gasteiger partial charge in [0.2, 0.25) is 0 Å². The summed E-state index contributed by atoms with van der Waals surface area (Å²) in [7, 11) is 0. The average Bonchev–Trinajstić information content (AvgIpc) is 2.84. The zero-order chi connectivity index (χ0) is 16.0. The van der Waals surface area contributed by atoms with Gasteiger partial charge in [0.1, 0.15) is 22.7 Å². The van der Waals surface area contributed by atoms with Crippen LogP contribution in [0.5, 0.6) is 5.75 Å². The number of benzene rings is 2. The highest BCUT2D eigenvalue weighted by molar-refractivity contribution is 7.18. The molecule has 0 aliphatic heterocycles. The number of nitrogens with one attached hydrogen (secondary N) is 1. The van der Waals surface area contributed by atoms with Crippen LogP contribution in [-0.2, 0) is 0 Å². The molecule has 5 heteroatoms. The van der Waals surface area contributed by atoms with Crippen LogP contribution >= 0.6 is 11.3 Å². The van der Waals surface area contributed by atoms with Crippen molar-refractivity contribution in [3.8, 4) is 5.75 Å². The second kappa shape index (κ2) is 5.21. The first-order valence-corrected chi connectivity index (χ1v) is 8.15. The lowest BCUT2D eigenvalue weighted by atomic mass is 10.1. The van der Waals surface area contributed by atoms with E-state index in [0.29, 0.717) is 0 Å². The molecule has 4 aromatic rings. The van der Waals surface area contributed by atoms with Crippen molar-refractivity contribution in [3.05, 3.63) is 53.2 Å². The van der Waals surface area contributed by atoms with Crippen LogP contribution in [0.3, 0.4) is 0 Å². The van der Waals surface area contributed by atoms with Gasteiger partial charge in [0, 0.05) is 21.3 Å². The van der Waals surface area contributed by atoms with Crippen molar-refractivity contribution in [2.24, 2.45) is 0 Å². The molecule has 4 nitrogen and oxygen atoms in total. The Bertz CT molecular complexity index is 1040. The van der Waals surface area contributed by atoms with E-state index in [9.17, 15) is 5.11 Å². The summed E-state index contributed by atoms with van der Waals surface area (Å²) in [5.41, 5.74) is 2.12. The van der Waals surface area contributed by atoms with Crippen molar-refractivity contribution < 1.29 is 5.11 Å². The molecule has 4 rings (SSSR count). The first-order chi connectivity index (χ1) is 11.1. The molecule has 23 heavy (non-hydrogen) atoms. The van der Waals surface area contributed by atoms with Gasteiger partial charge in [-0.1, -0.05) is 24.3 Å². The van der Waals surface area contributed by atoms with E-state index in [1.165, 1.54) is 10.4 Å². The third-order valence-corrected chi connectivity index (χ3v) is 5.23. The molecule has 2 N–H and O–H groups in total. The highest BCUT2D eigenvalue weighted by Crippen LogP contribution is 2.36. The molecule has 0 radical (unpaired) electrons. The summed E-state index contributed by atoms with van der Waals surface area (Å²) in [4.78, 5) is 11.0. The maximum Gasteiger partial charge on any atom is 0.142 e. The number of nitrogens with zero attached hydrogens (tertiary/aromatic N) is 2. The quantitative estimate of drug-likeness (QED) is 0.551. The maximum atomic E-state index is 10.0. The fraction of sp³-hybridized carbons (Fsp3) is 0.111. The predicted molar refractivity (Wildman–Crippen MR) is 95.8 cm³/mol. The number of aryl methyl sites for hydroxylation is 2. The van der Waals surface area contributed by atoms with Crippen LogP contribution < -0.4 is 5.32 Å². The molecule has 0 saturated heterocycles. The normalized spacial score (nSPS) is 11.2. The summed E-state index contributed by atoms with van der Waals surface area (Å²) in [6.45, 7) is 4.19. The smallest absolute Gasteiger partial charge is 0.142 e. The Kier molecular flexibility index (Phi) is 3.16. The average molecular weight is 321 g/mol. The number of fused-ring (bicyclic) bond motifs is 2. The van der Waals surface area contributed by atoms with Gasteiger partial charge in [-0.2, -0.15) is 0 Å². The molecule has 0 amide bonds. The molecule has 0 fully saturated rings. The number of rotatable bonds is 2. The van der Waals surface area contributed by atoms with E-state index in [1.54, 1.807) is 23.7 Å². The lowest BCUT2D eigenvalue weighted by Gasteiger charge is -2.11. The molecule has 2 aromatic carbocycles. The third-order valence-electron chi connectivity index (χ3n) is 4.12. The van der Waals surface area contributed by atoms with Crippen molar-refractivity contribution in [3.63, 3.8) is 0 Å². The molecule has 0 spiro atoms. The first kappa shape index (κ1) is 14.0. The van der Waals surface area contributed by atoms with Crippen LogP contribution in [0, 0.1) is 13.8 Å². The lowest BCUT2D eigenvalue weighted by molar-refractivity contribution is 0.481. The molecule has 2 aromatic heterocycles. The van der Waals surface area contributed by atoms with Crippen molar-refractivity contribution >= 4 is 43.8 Å². The van der Waals surface area contributed by atoms with Gasteiger partial charge in [-0.3, -0.25) is 0 Å². The van der Waals surface area contributed by atoms with Gasteiger partial charge in [0.25, 0.3) is 0 Å². The molecular weight excluding hydrogens is 306 g/mol. The second-order valence-electron chi connectivity index (χ2n) is 5.49. The zero-order valence-corrected chi connectivity index (χ0v) is 13.6. The number of thiophene rings is 1. The van der Waals surface area contributed by atoms with Crippen LogP contribution in [0.25, 0.3) is 21.0 Å². The summed E-state index contributed by atoms with van der Waals surface area (Å²) in [5.74, 6) is 1.08. The highest BCUT2D eigenvalue weighted by atomic mass is 32.1. The summed E-state index contributed by atoms with van der Waals surface area (Å²) < 4.78 is 0. The zero-order valence-electron chi connectivity index (χ0n) is 12.8. The van der Waals surface area contributed by atoms with Crippen LogP contribution in [0.4, 0.5) is 11.5 Å². The Labute approximate surface area is 137 Å². The van der Waals surface area contributed by atoms with E-state index in [4.69, 9.17) is 0 Å². The standard InChI is InChI=1S/C18H15N3OS/c1-10-11(2)23-18-16(10)17(19-9-20-18)21-14-7-3-6-13-12(14)5-4-8-15(13)22/h3-9,22H,1-2H3,(H,19,20,21). The summed E-state index contributed by atoms with van der Waals surface area (Å²) in [6.07, 6.45) is 1.59. The summed E-state index contributed by atoms with van der Waals surface area (Å²) in [6, 6.07) is 11.4. The van der Waals surface area contributed by atoms with Crippen LogP contribution in [0.15, 0.2) is 42.7 Å². The largest absolute Gasteiger partial charge is 0.507 e. The predicted octanol–water partition coefficient (Wildman–Crippen LogP) is 4.91. The van der Waals surface area contributed by atoms with E-state index in [-0.39, 0.29) is 5.75 Å². The monoisotopic (exact) mass is 321 g/mol. The van der Waals surface area contributed by atoms with E-state index in [2.05, 4.69) is 29.1 Å². The van der Waals surface area contributed by atoms with Crippen molar-refractivity contribution in [2.45, 2.75) is 13.8 Å². The topological polar surface area (TPSA) is 58.0 Å². The first-order valence-electron chi connectivity index (χ1n) is 7.33. The van der Waals surface area contributed by atoms with Crippen molar-refractivity contribution in [2.75, 3.05) is 5.32 Å². The number of aromatic nitrogens is 2. The van der Waals surface area contributed by atoms with Gasteiger partial charge in [-0.05, 0) is 31.5 Å². The third kappa shape index (κ3) is 2.21. The second-order valence-corrected chi connectivity index (χ2v) is 6.69. The SMILES string of the molecule is Cc1sc2ncnc(Nc3cccc4c(O)cccc34)c2c1C. The Morgan fingerprint density at radius 3 is 2.65 bits per heavy atom.